The Morgan fingerprint density at radius 1 is 1.53 bits per heavy atom. The van der Waals surface area contributed by atoms with Crippen molar-refractivity contribution in [3.8, 4) is 5.88 Å². The van der Waals surface area contributed by atoms with E-state index in [0.29, 0.717) is 31.1 Å². The molecule has 0 saturated carbocycles. The minimum atomic E-state index is -0.706. The van der Waals surface area contributed by atoms with Crippen molar-refractivity contribution in [2.45, 2.75) is 32.7 Å². The van der Waals surface area contributed by atoms with E-state index in [1.54, 1.807) is 13.2 Å². The second-order valence-electron chi connectivity index (χ2n) is 4.92. The summed E-state index contributed by atoms with van der Waals surface area (Å²) in [6, 6.07) is 1.94. The zero-order valence-electron chi connectivity index (χ0n) is 11.5. The number of carboxylic acids is 1. The molecule has 0 radical (unpaired) electrons. The van der Waals surface area contributed by atoms with Gasteiger partial charge in [0.1, 0.15) is 11.6 Å². The first-order valence-corrected chi connectivity index (χ1v) is 6.40. The number of anilines is 1. The van der Waals surface area contributed by atoms with Crippen molar-refractivity contribution in [3.63, 3.8) is 0 Å². The van der Waals surface area contributed by atoms with Gasteiger partial charge in [-0.2, -0.15) is 4.98 Å². The third-order valence-electron chi connectivity index (χ3n) is 3.53. The molecule has 1 aromatic heterocycles. The summed E-state index contributed by atoms with van der Waals surface area (Å²) in [4.78, 5) is 21.7. The predicted molar refractivity (Wildman–Crippen MR) is 70.5 cm³/mol. The van der Waals surface area contributed by atoms with Gasteiger partial charge in [0.15, 0.2) is 0 Å². The normalized spacial score (nSPS) is 23.2. The van der Waals surface area contributed by atoms with Gasteiger partial charge in [0.05, 0.1) is 13.0 Å². The van der Waals surface area contributed by atoms with Crippen LogP contribution in [0.2, 0.25) is 0 Å². The van der Waals surface area contributed by atoms with Crippen LogP contribution in [0, 0.1) is 12.8 Å². The second kappa shape index (κ2) is 5.42. The lowest BCUT2D eigenvalue weighted by atomic mass is 9.92. The molecule has 1 saturated heterocycles. The topological polar surface area (TPSA) is 75.5 Å². The van der Waals surface area contributed by atoms with Gasteiger partial charge >= 0.3 is 5.97 Å². The summed E-state index contributed by atoms with van der Waals surface area (Å²) in [5.41, 5.74) is 0. The summed E-state index contributed by atoms with van der Waals surface area (Å²) in [7, 11) is 1.58. The summed E-state index contributed by atoms with van der Waals surface area (Å²) >= 11 is 0. The van der Waals surface area contributed by atoms with Crippen LogP contribution in [-0.4, -0.2) is 40.7 Å². The van der Waals surface area contributed by atoms with Crippen LogP contribution < -0.4 is 9.64 Å². The average Bonchev–Trinajstić information content (AvgIpc) is 2.37. The fourth-order valence-corrected chi connectivity index (χ4v) is 2.51. The first-order chi connectivity index (χ1) is 9.01. The van der Waals surface area contributed by atoms with Gasteiger partial charge in [0, 0.05) is 18.7 Å². The number of nitrogens with zero attached hydrogens (tertiary/aromatic N) is 3. The number of carbonyl (C=O) groups is 1. The fourth-order valence-electron chi connectivity index (χ4n) is 2.51. The molecule has 0 bridgehead atoms. The Morgan fingerprint density at radius 3 is 2.84 bits per heavy atom. The number of methoxy groups -OCH3 is 1. The van der Waals surface area contributed by atoms with Crippen LogP contribution in [0.15, 0.2) is 6.07 Å². The molecular weight excluding hydrogens is 246 g/mol. The van der Waals surface area contributed by atoms with Crippen LogP contribution in [0.25, 0.3) is 0 Å². The van der Waals surface area contributed by atoms with E-state index in [1.165, 1.54) is 0 Å². The van der Waals surface area contributed by atoms with E-state index in [-0.39, 0.29) is 12.0 Å². The Hall–Kier alpha value is -1.85. The summed E-state index contributed by atoms with van der Waals surface area (Å²) in [6.07, 6.45) is 1.28. The van der Waals surface area contributed by atoms with Crippen molar-refractivity contribution in [2.24, 2.45) is 5.92 Å². The molecular formula is C13H19N3O3. The minimum Gasteiger partial charge on any atom is -0.481 e. The first-order valence-electron chi connectivity index (χ1n) is 6.40. The third-order valence-corrected chi connectivity index (χ3v) is 3.53. The van der Waals surface area contributed by atoms with Gasteiger partial charge in [-0.15, -0.1) is 0 Å². The third kappa shape index (κ3) is 2.94. The summed E-state index contributed by atoms with van der Waals surface area (Å²) in [6.45, 7) is 4.54. The molecule has 6 heteroatoms. The van der Waals surface area contributed by atoms with Crippen molar-refractivity contribution >= 4 is 11.8 Å². The average molecular weight is 265 g/mol. The molecule has 19 heavy (non-hydrogen) atoms. The number of piperidine rings is 1. The lowest BCUT2D eigenvalue weighted by molar-refractivity contribution is -0.142. The Bertz CT molecular complexity index is 478. The van der Waals surface area contributed by atoms with Crippen molar-refractivity contribution in [1.82, 2.24) is 9.97 Å². The lowest BCUT2D eigenvalue weighted by Crippen LogP contribution is -2.43. The van der Waals surface area contributed by atoms with Crippen molar-refractivity contribution in [3.05, 3.63) is 11.9 Å². The molecule has 6 nitrogen and oxygen atoms in total. The van der Waals surface area contributed by atoms with Crippen LogP contribution >= 0.6 is 0 Å². The Kier molecular flexibility index (Phi) is 3.87. The fraction of sp³-hybridized carbons (Fsp3) is 0.615. The van der Waals surface area contributed by atoms with Gasteiger partial charge < -0.3 is 14.7 Å². The van der Waals surface area contributed by atoms with Gasteiger partial charge in [-0.05, 0) is 26.7 Å². The molecule has 2 atom stereocenters. The van der Waals surface area contributed by atoms with Crippen LogP contribution in [0.4, 0.5) is 5.82 Å². The molecule has 2 unspecified atom stereocenters. The molecule has 0 spiro atoms. The largest absolute Gasteiger partial charge is 0.481 e. The van der Waals surface area contributed by atoms with Gasteiger partial charge in [-0.25, -0.2) is 4.98 Å². The highest BCUT2D eigenvalue weighted by atomic mass is 16.5. The molecule has 1 fully saturated rings. The second-order valence-corrected chi connectivity index (χ2v) is 4.92. The first kappa shape index (κ1) is 13.6. The molecule has 2 heterocycles. The molecule has 1 N–H and O–H groups in total. The molecule has 2 rings (SSSR count). The molecule has 1 aliphatic rings. The number of rotatable bonds is 3. The van der Waals surface area contributed by atoms with E-state index >= 15 is 0 Å². The van der Waals surface area contributed by atoms with Crippen LogP contribution in [-0.2, 0) is 4.79 Å². The number of hydrogen-bond acceptors (Lipinski definition) is 5. The number of aromatic nitrogens is 2. The zero-order valence-corrected chi connectivity index (χ0v) is 11.5. The minimum absolute atomic E-state index is 0.147. The van der Waals surface area contributed by atoms with Crippen molar-refractivity contribution in [1.29, 1.82) is 0 Å². The van der Waals surface area contributed by atoms with E-state index in [2.05, 4.69) is 14.9 Å². The van der Waals surface area contributed by atoms with Gasteiger partial charge in [-0.1, -0.05) is 0 Å². The van der Waals surface area contributed by atoms with E-state index in [1.807, 2.05) is 13.8 Å². The standard InChI is InChI=1S/C13H19N3O3/c1-8-6-10(13(17)18)4-5-16(8)11-7-12(19-3)15-9(2)14-11/h7-8,10H,4-6H2,1-3H3,(H,17,18). The maximum Gasteiger partial charge on any atom is 0.306 e. The van der Waals surface area contributed by atoms with E-state index in [0.717, 1.165) is 5.82 Å². The Morgan fingerprint density at radius 2 is 2.26 bits per heavy atom. The number of carboxylic acid groups (broad SMARTS) is 1. The number of hydrogen-bond donors (Lipinski definition) is 1. The van der Waals surface area contributed by atoms with Gasteiger partial charge in [-0.3, -0.25) is 4.79 Å². The maximum absolute atomic E-state index is 11.0. The van der Waals surface area contributed by atoms with Crippen molar-refractivity contribution in [2.75, 3.05) is 18.6 Å². The van der Waals surface area contributed by atoms with Gasteiger partial charge in [0.2, 0.25) is 5.88 Å². The molecule has 0 aliphatic carbocycles. The van der Waals surface area contributed by atoms with E-state index in [4.69, 9.17) is 9.84 Å². The zero-order chi connectivity index (χ0) is 14.0. The molecule has 104 valence electrons. The molecule has 0 aromatic carbocycles. The molecule has 0 amide bonds. The van der Waals surface area contributed by atoms with Crippen LogP contribution in [0.1, 0.15) is 25.6 Å². The quantitative estimate of drug-likeness (QED) is 0.892. The van der Waals surface area contributed by atoms with Crippen molar-refractivity contribution < 1.29 is 14.6 Å². The smallest absolute Gasteiger partial charge is 0.306 e. The van der Waals surface area contributed by atoms with E-state index < -0.39 is 5.97 Å². The predicted octanol–water partition coefficient (Wildman–Crippen LogP) is 1.48. The number of aryl methyl sites for hydroxylation is 1. The maximum atomic E-state index is 11.0. The number of ether oxygens (including phenoxy) is 1. The number of aliphatic carboxylic acids is 1. The van der Waals surface area contributed by atoms with E-state index in [9.17, 15) is 4.79 Å². The summed E-state index contributed by atoms with van der Waals surface area (Å²) in [5.74, 6) is 1.04. The summed E-state index contributed by atoms with van der Waals surface area (Å²) in [5, 5.41) is 9.07. The van der Waals surface area contributed by atoms with Gasteiger partial charge in [0.25, 0.3) is 0 Å². The molecule has 1 aromatic rings. The lowest BCUT2D eigenvalue weighted by Gasteiger charge is -2.37. The molecule has 1 aliphatic heterocycles. The monoisotopic (exact) mass is 265 g/mol. The Balaban J connectivity index is 2.19. The Labute approximate surface area is 112 Å². The highest BCUT2D eigenvalue weighted by Gasteiger charge is 2.30. The highest BCUT2D eigenvalue weighted by Crippen LogP contribution is 2.28. The summed E-state index contributed by atoms with van der Waals surface area (Å²) < 4.78 is 5.15. The highest BCUT2D eigenvalue weighted by molar-refractivity contribution is 5.70. The van der Waals surface area contributed by atoms with Crippen LogP contribution in [0.3, 0.4) is 0 Å². The van der Waals surface area contributed by atoms with Crippen LogP contribution in [0.5, 0.6) is 5.88 Å². The SMILES string of the molecule is COc1cc(N2CCC(C(=O)O)CC2C)nc(C)n1.